The van der Waals surface area contributed by atoms with Gasteiger partial charge in [0, 0.05) is 17.0 Å². The summed E-state index contributed by atoms with van der Waals surface area (Å²) >= 11 is 3.73. The summed E-state index contributed by atoms with van der Waals surface area (Å²) in [7, 11) is 0. The second-order valence-corrected chi connectivity index (χ2v) is 7.46. The van der Waals surface area contributed by atoms with Crippen molar-refractivity contribution < 1.29 is 0 Å². The normalized spacial score (nSPS) is 11.2. The molecule has 3 aromatic rings. The van der Waals surface area contributed by atoms with Crippen LogP contribution in [0.25, 0.3) is 20.8 Å². The van der Waals surface area contributed by atoms with Gasteiger partial charge in [-0.3, -0.25) is 0 Å². The number of para-hydroxylation sites is 1. The van der Waals surface area contributed by atoms with Crippen molar-refractivity contribution in [2.24, 2.45) is 0 Å². The molecule has 0 aliphatic carbocycles. The highest BCUT2D eigenvalue weighted by Crippen LogP contribution is 2.44. The zero-order chi connectivity index (χ0) is 15.5. The molecule has 2 aromatic heterocycles. The van der Waals surface area contributed by atoms with E-state index < -0.39 is 0 Å². The van der Waals surface area contributed by atoms with Gasteiger partial charge in [-0.2, -0.15) is 0 Å². The Kier molecular flexibility index (Phi) is 4.79. The van der Waals surface area contributed by atoms with Crippen LogP contribution in [-0.2, 0) is 12.8 Å². The molecule has 2 nitrogen and oxygen atoms in total. The fourth-order valence-corrected chi connectivity index (χ4v) is 5.38. The zero-order valence-electron chi connectivity index (χ0n) is 13.4. The smallest absolute Gasteiger partial charge is 0.127 e. The number of fused-ring (bicyclic) bond motifs is 1. The van der Waals surface area contributed by atoms with Crippen LogP contribution in [0.5, 0.6) is 0 Å². The minimum Gasteiger partial charge on any atom is -0.377 e. The third-order valence-corrected chi connectivity index (χ3v) is 6.07. The van der Waals surface area contributed by atoms with Crippen molar-refractivity contribution in [3.05, 3.63) is 34.7 Å². The van der Waals surface area contributed by atoms with Crippen molar-refractivity contribution in [1.82, 2.24) is 4.98 Å². The van der Waals surface area contributed by atoms with Crippen molar-refractivity contribution in [3.8, 4) is 10.6 Å². The van der Waals surface area contributed by atoms with E-state index in [1.807, 2.05) is 11.3 Å². The number of nitrogens with one attached hydrogen (secondary N) is 1. The van der Waals surface area contributed by atoms with E-state index in [4.69, 9.17) is 4.98 Å². The van der Waals surface area contributed by atoms with Crippen molar-refractivity contribution >= 4 is 37.9 Å². The van der Waals surface area contributed by atoms with Gasteiger partial charge in [0.15, 0.2) is 0 Å². The average Bonchev–Trinajstić information content (AvgIpc) is 3.08. The topological polar surface area (TPSA) is 24.9 Å². The maximum absolute atomic E-state index is 4.89. The van der Waals surface area contributed by atoms with Gasteiger partial charge in [0.25, 0.3) is 0 Å². The molecule has 0 spiro atoms. The molecule has 1 N–H and O–H groups in total. The highest BCUT2D eigenvalue weighted by Gasteiger charge is 2.20. The number of rotatable bonds is 6. The van der Waals surface area contributed by atoms with E-state index in [0.717, 1.165) is 29.9 Å². The van der Waals surface area contributed by atoms with Gasteiger partial charge in [0.2, 0.25) is 0 Å². The Morgan fingerprint density at radius 3 is 2.59 bits per heavy atom. The first-order chi connectivity index (χ1) is 10.8. The Hall–Kier alpha value is -1.39. The Balaban J connectivity index is 2.17. The van der Waals surface area contributed by atoms with Gasteiger partial charge in [-0.1, -0.05) is 32.4 Å². The second kappa shape index (κ2) is 6.80. The highest BCUT2D eigenvalue weighted by atomic mass is 32.1. The first kappa shape index (κ1) is 15.5. The Morgan fingerprint density at radius 1 is 1.09 bits per heavy atom. The first-order valence-corrected chi connectivity index (χ1v) is 9.66. The van der Waals surface area contributed by atoms with Crippen LogP contribution < -0.4 is 5.32 Å². The summed E-state index contributed by atoms with van der Waals surface area (Å²) in [5.41, 5.74) is 3.94. The van der Waals surface area contributed by atoms with E-state index in [2.05, 4.69) is 50.4 Å². The van der Waals surface area contributed by atoms with Gasteiger partial charge < -0.3 is 5.32 Å². The van der Waals surface area contributed by atoms with Gasteiger partial charge in [0.1, 0.15) is 5.01 Å². The van der Waals surface area contributed by atoms with Crippen LogP contribution in [0, 0.1) is 0 Å². The van der Waals surface area contributed by atoms with Crippen LogP contribution in [0.2, 0.25) is 0 Å². The number of benzene rings is 1. The maximum Gasteiger partial charge on any atom is 0.127 e. The average molecular weight is 331 g/mol. The van der Waals surface area contributed by atoms with E-state index in [-0.39, 0.29) is 0 Å². The van der Waals surface area contributed by atoms with Gasteiger partial charge in [-0.25, -0.2) is 4.98 Å². The van der Waals surface area contributed by atoms with Crippen LogP contribution in [0.4, 0.5) is 5.00 Å². The van der Waals surface area contributed by atoms with Gasteiger partial charge in [-0.05, 0) is 37.5 Å². The summed E-state index contributed by atoms with van der Waals surface area (Å²) in [6, 6.07) is 8.42. The molecule has 0 fully saturated rings. The summed E-state index contributed by atoms with van der Waals surface area (Å²) in [4.78, 5) is 6.42. The molecule has 22 heavy (non-hydrogen) atoms. The number of aromatic nitrogens is 1. The molecular weight excluding hydrogens is 308 g/mol. The molecule has 2 heterocycles. The van der Waals surface area contributed by atoms with E-state index >= 15 is 0 Å². The van der Waals surface area contributed by atoms with Crippen LogP contribution in [-0.4, -0.2) is 11.5 Å². The quantitative estimate of drug-likeness (QED) is 0.602. The SMILES string of the molecule is CCCc1sc(NCC)c(-c2nc3ccccc3s2)c1CC. The molecule has 0 bridgehead atoms. The van der Waals surface area contributed by atoms with E-state index in [1.54, 1.807) is 11.3 Å². The molecule has 3 rings (SSSR count). The highest BCUT2D eigenvalue weighted by molar-refractivity contribution is 7.22. The van der Waals surface area contributed by atoms with E-state index in [9.17, 15) is 0 Å². The molecule has 0 radical (unpaired) electrons. The summed E-state index contributed by atoms with van der Waals surface area (Å²) in [6.45, 7) is 7.62. The lowest BCUT2D eigenvalue weighted by atomic mass is 10.1. The van der Waals surface area contributed by atoms with Crippen LogP contribution in [0.15, 0.2) is 24.3 Å². The fourth-order valence-electron chi connectivity index (χ4n) is 2.81. The second-order valence-electron chi connectivity index (χ2n) is 5.33. The predicted octanol–water partition coefficient (Wildman–Crippen LogP) is 5.97. The lowest BCUT2D eigenvalue weighted by Gasteiger charge is -2.05. The number of anilines is 1. The molecule has 0 aliphatic rings. The van der Waals surface area contributed by atoms with Crippen molar-refractivity contribution in [3.63, 3.8) is 0 Å². The van der Waals surface area contributed by atoms with Gasteiger partial charge in [-0.15, -0.1) is 22.7 Å². The van der Waals surface area contributed by atoms with E-state index in [1.165, 1.54) is 32.1 Å². The largest absolute Gasteiger partial charge is 0.377 e. The van der Waals surface area contributed by atoms with Crippen molar-refractivity contribution in [2.75, 3.05) is 11.9 Å². The number of hydrogen-bond donors (Lipinski definition) is 1. The van der Waals surface area contributed by atoms with Crippen LogP contribution >= 0.6 is 22.7 Å². The molecule has 0 unspecified atom stereocenters. The molecule has 0 aliphatic heterocycles. The van der Waals surface area contributed by atoms with Crippen molar-refractivity contribution in [2.45, 2.75) is 40.0 Å². The third kappa shape index (κ3) is 2.77. The van der Waals surface area contributed by atoms with Crippen molar-refractivity contribution in [1.29, 1.82) is 0 Å². The molecular formula is C18H22N2S2. The minimum atomic E-state index is 0.952. The maximum atomic E-state index is 4.89. The third-order valence-electron chi connectivity index (χ3n) is 3.77. The fraction of sp³-hybridized carbons (Fsp3) is 0.389. The van der Waals surface area contributed by atoms with Crippen LogP contribution in [0.1, 0.15) is 37.6 Å². The van der Waals surface area contributed by atoms with Crippen LogP contribution in [0.3, 0.4) is 0 Å². The molecule has 0 saturated carbocycles. The number of thiophene rings is 1. The predicted molar refractivity (Wildman–Crippen MR) is 100 cm³/mol. The lowest BCUT2D eigenvalue weighted by molar-refractivity contribution is 0.921. The zero-order valence-corrected chi connectivity index (χ0v) is 15.0. The minimum absolute atomic E-state index is 0.952. The molecule has 0 amide bonds. The summed E-state index contributed by atoms with van der Waals surface area (Å²) in [5.74, 6) is 0. The Morgan fingerprint density at radius 2 is 1.91 bits per heavy atom. The standard InChI is InChI=1S/C18H22N2S2/c1-4-9-14-12(5-2)16(17(21-14)19-6-3)18-20-13-10-7-8-11-15(13)22-18/h7-8,10-11,19H,4-6,9H2,1-3H3. The molecule has 116 valence electrons. The van der Waals surface area contributed by atoms with Gasteiger partial charge >= 0.3 is 0 Å². The molecule has 4 heteroatoms. The molecule has 0 atom stereocenters. The summed E-state index contributed by atoms with van der Waals surface area (Å²) in [5, 5.41) is 6.01. The monoisotopic (exact) mass is 330 g/mol. The number of thiazole rings is 1. The number of aryl methyl sites for hydroxylation is 1. The first-order valence-electron chi connectivity index (χ1n) is 8.02. The molecule has 1 aromatic carbocycles. The summed E-state index contributed by atoms with van der Waals surface area (Å²) in [6.07, 6.45) is 3.43. The van der Waals surface area contributed by atoms with Gasteiger partial charge in [0.05, 0.1) is 15.2 Å². The Labute approximate surface area is 140 Å². The number of nitrogens with zero attached hydrogens (tertiary/aromatic N) is 1. The number of hydrogen-bond acceptors (Lipinski definition) is 4. The summed E-state index contributed by atoms with van der Waals surface area (Å²) < 4.78 is 1.27. The Bertz CT molecular complexity index is 738. The van der Waals surface area contributed by atoms with E-state index in [0.29, 0.717) is 0 Å². The lowest BCUT2D eigenvalue weighted by Crippen LogP contribution is -1.96. The molecule has 0 saturated heterocycles.